The van der Waals surface area contributed by atoms with Crippen LogP contribution in [0.4, 0.5) is 8.78 Å². The molecule has 0 aliphatic heterocycles. The number of benzene rings is 1. The number of rotatable bonds is 4. The summed E-state index contributed by atoms with van der Waals surface area (Å²) >= 11 is 0. The van der Waals surface area contributed by atoms with Gasteiger partial charge in [0.2, 0.25) is 11.8 Å². The normalized spacial score (nSPS) is 10.7. The summed E-state index contributed by atoms with van der Waals surface area (Å²) in [6.45, 7) is -0.249. The van der Waals surface area contributed by atoms with Gasteiger partial charge in [-0.15, -0.1) is 0 Å². The molecular formula is C14H11F2N5O2. The average Bonchev–Trinajstić information content (AvgIpc) is 2.86. The van der Waals surface area contributed by atoms with E-state index < -0.39 is 17.5 Å². The summed E-state index contributed by atoms with van der Waals surface area (Å²) in [5.74, 6) is -1.29. The molecule has 0 aliphatic rings. The smallest absolute Gasteiger partial charge is 0.368 e. The molecule has 0 bridgehead atoms. The quantitative estimate of drug-likeness (QED) is 0.676. The fourth-order valence-electron chi connectivity index (χ4n) is 1.97. The van der Waals surface area contributed by atoms with Crippen molar-refractivity contribution in [1.82, 2.24) is 24.8 Å². The highest BCUT2D eigenvalue weighted by Crippen LogP contribution is 2.18. The molecule has 3 aromatic rings. The summed E-state index contributed by atoms with van der Waals surface area (Å²) in [7, 11) is 1.43. The van der Waals surface area contributed by atoms with E-state index in [0.29, 0.717) is 0 Å². The number of aromatic nitrogens is 5. The Bertz CT molecular complexity index is 906. The molecule has 0 saturated carbocycles. The fraction of sp³-hybridized carbons (Fsp3) is 0.143. The molecule has 0 unspecified atom stereocenters. The Kier molecular flexibility index (Phi) is 3.83. The Morgan fingerprint density at radius 2 is 1.91 bits per heavy atom. The zero-order chi connectivity index (χ0) is 16.4. The highest BCUT2D eigenvalue weighted by atomic mass is 19.1. The Balaban J connectivity index is 1.96. The van der Waals surface area contributed by atoms with Gasteiger partial charge in [-0.05, 0) is 28.6 Å². The van der Waals surface area contributed by atoms with Gasteiger partial charge < -0.3 is 4.74 Å². The number of halogens is 2. The maximum atomic E-state index is 14.1. The van der Waals surface area contributed by atoms with E-state index in [1.807, 2.05) is 0 Å². The van der Waals surface area contributed by atoms with Gasteiger partial charge in [-0.1, -0.05) is 12.1 Å². The molecule has 0 radical (unpaired) electrons. The number of aryl methyl sites for hydroxylation is 1. The molecule has 23 heavy (non-hydrogen) atoms. The van der Waals surface area contributed by atoms with E-state index in [-0.39, 0.29) is 23.7 Å². The van der Waals surface area contributed by atoms with Crippen molar-refractivity contribution in [2.75, 3.05) is 0 Å². The van der Waals surface area contributed by atoms with Crippen LogP contribution in [0.2, 0.25) is 0 Å². The summed E-state index contributed by atoms with van der Waals surface area (Å²) in [5, 5.41) is 7.26. The highest BCUT2D eigenvalue weighted by Gasteiger charge is 2.15. The topological polar surface area (TPSA) is 74.8 Å². The second-order valence-electron chi connectivity index (χ2n) is 4.62. The predicted molar refractivity (Wildman–Crippen MR) is 75.1 cm³/mol. The molecule has 0 atom stereocenters. The molecular weight excluding hydrogens is 308 g/mol. The predicted octanol–water partition coefficient (Wildman–Crippen LogP) is 1.22. The number of pyridine rings is 1. The first-order valence-corrected chi connectivity index (χ1v) is 6.58. The lowest BCUT2D eigenvalue weighted by atomic mass is 10.2. The van der Waals surface area contributed by atoms with Crippen LogP contribution < -0.4 is 10.4 Å². The number of hydrogen-bond acceptors (Lipinski definition) is 5. The number of ether oxygens (including phenoxy) is 1. The first-order valence-electron chi connectivity index (χ1n) is 6.58. The molecule has 1 aromatic carbocycles. The van der Waals surface area contributed by atoms with Gasteiger partial charge in [0, 0.05) is 13.1 Å². The second kappa shape index (κ2) is 5.95. The van der Waals surface area contributed by atoms with Gasteiger partial charge >= 0.3 is 5.69 Å². The van der Waals surface area contributed by atoms with Gasteiger partial charge in [-0.25, -0.2) is 9.18 Å². The van der Waals surface area contributed by atoms with Crippen molar-refractivity contribution >= 4 is 0 Å². The summed E-state index contributed by atoms with van der Waals surface area (Å²) in [6.07, 6.45) is 0. The Labute approximate surface area is 128 Å². The lowest BCUT2D eigenvalue weighted by Gasteiger charge is -2.10. The van der Waals surface area contributed by atoms with Crippen LogP contribution in [-0.4, -0.2) is 24.8 Å². The minimum Gasteiger partial charge on any atom is -0.473 e. The molecule has 2 aromatic heterocycles. The third-order valence-corrected chi connectivity index (χ3v) is 3.10. The van der Waals surface area contributed by atoms with Crippen molar-refractivity contribution < 1.29 is 13.5 Å². The fourth-order valence-corrected chi connectivity index (χ4v) is 1.97. The first kappa shape index (κ1) is 14.8. The van der Waals surface area contributed by atoms with Gasteiger partial charge in [-0.2, -0.15) is 18.7 Å². The molecule has 0 fully saturated rings. The lowest BCUT2D eigenvalue weighted by molar-refractivity contribution is 0.283. The van der Waals surface area contributed by atoms with Gasteiger partial charge in [-0.3, -0.25) is 0 Å². The average molecular weight is 319 g/mol. The minimum atomic E-state index is -0.707. The van der Waals surface area contributed by atoms with Crippen molar-refractivity contribution in [3.63, 3.8) is 0 Å². The lowest BCUT2D eigenvalue weighted by Crippen LogP contribution is -2.23. The van der Waals surface area contributed by atoms with Gasteiger partial charge in [0.15, 0.2) is 0 Å². The SMILES string of the molecule is Cn1nnn(-c2cccc(F)c2COc2cccc(F)n2)c1=O. The summed E-state index contributed by atoms with van der Waals surface area (Å²) < 4.78 is 34.4. The number of hydrogen-bond donors (Lipinski definition) is 0. The molecule has 0 amide bonds. The van der Waals surface area contributed by atoms with Crippen LogP contribution >= 0.6 is 0 Å². The van der Waals surface area contributed by atoms with E-state index in [1.165, 1.54) is 43.4 Å². The summed E-state index contributed by atoms with van der Waals surface area (Å²) in [4.78, 5) is 15.5. The van der Waals surface area contributed by atoms with E-state index in [9.17, 15) is 13.6 Å². The summed E-state index contributed by atoms with van der Waals surface area (Å²) in [6, 6.07) is 8.21. The standard InChI is InChI=1S/C14H11F2N5O2/c1-20-14(22)21(19-18-20)11-5-2-4-10(15)9(11)8-23-13-7-3-6-12(16)17-13/h2-7H,8H2,1H3. The van der Waals surface area contributed by atoms with Crippen LogP contribution in [-0.2, 0) is 13.7 Å². The van der Waals surface area contributed by atoms with Crippen LogP contribution in [0.25, 0.3) is 5.69 Å². The third-order valence-electron chi connectivity index (χ3n) is 3.10. The van der Waals surface area contributed by atoms with E-state index in [0.717, 1.165) is 9.36 Å². The zero-order valence-corrected chi connectivity index (χ0v) is 12.0. The Hall–Kier alpha value is -3.10. The Morgan fingerprint density at radius 3 is 2.61 bits per heavy atom. The summed E-state index contributed by atoms with van der Waals surface area (Å²) in [5.41, 5.74) is -0.249. The maximum absolute atomic E-state index is 14.1. The molecule has 2 heterocycles. The monoisotopic (exact) mass is 319 g/mol. The van der Waals surface area contributed by atoms with Crippen molar-refractivity contribution in [2.24, 2.45) is 7.05 Å². The van der Waals surface area contributed by atoms with Crippen LogP contribution in [0.1, 0.15) is 5.56 Å². The van der Waals surface area contributed by atoms with Crippen molar-refractivity contribution in [1.29, 1.82) is 0 Å². The van der Waals surface area contributed by atoms with Crippen LogP contribution in [0, 0.1) is 11.8 Å². The number of nitrogens with zero attached hydrogens (tertiary/aromatic N) is 5. The Morgan fingerprint density at radius 1 is 1.13 bits per heavy atom. The highest BCUT2D eigenvalue weighted by molar-refractivity contribution is 5.40. The molecule has 9 heteroatoms. The first-order chi connectivity index (χ1) is 11.1. The van der Waals surface area contributed by atoms with Crippen molar-refractivity contribution in [3.8, 4) is 11.6 Å². The van der Waals surface area contributed by atoms with E-state index in [1.54, 1.807) is 0 Å². The third kappa shape index (κ3) is 2.93. The van der Waals surface area contributed by atoms with E-state index in [2.05, 4.69) is 15.4 Å². The zero-order valence-electron chi connectivity index (χ0n) is 12.0. The van der Waals surface area contributed by atoms with Crippen LogP contribution in [0.15, 0.2) is 41.2 Å². The van der Waals surface area contributed by atoms with Crippen LogP contribution in [0.5, 0.6) is 5.88 Å². The molecule has 3 rings (SSSR count). The molecule has 0 spiro atoms. The maximum Gasteiger partial charge on any atom is 0.368 e. The molecule has 118 valence electrons. The van der Waals surface area contributed by atoms with E-state index >= 15 is 0 Å². The van der Waals surface area contributed by atoms with Gasteiger partial charge in [0.25, 0.3) is 0 Å². The molecule has 7 nitrogen and oxygen atoms in total. The number of tetrazole rings is 1. The van der Waals surface area contributed by atoms with Crippen LogP contribution in [0.3, 0.4) is 0 Å². The van der Waals surface area contributed by atoms with Gasteiger partial charge in [0.05, 0.1) is 11.3 Å². The minimum absolute atomic E-state index is 0.00527. The van der Waals surface area contributed by atoms with Crippen molar-refractivity contribution in [3.05, 3.63) is 64.2 Å². The molecule has 0 N–H and O–H groups in total. The largest absolute Gasteiger partial charge is 0.473 e. The van der Waals surface area contributed by atoms with E-state index in [4.69, 9.17) is 4.74 Å². The van der Waals surface area contributed by atoms with Crippen molar-refractivity contribution in [2.45, 2.75) is 6.61 Å². The second-order valence-corrected chi connectivity index (χ2v) is 4.62. The van der Waals surface area contributed by atoms with Gasteiger partial charge in [0.1, 0.15) is 12.4 Å². The molecule has 0 aliphatic carbocycles. The molecule has 0 saturated heterocycles.